The van der Waals surface area contributed by atoms with Crippen molar-refractivity contribution in [2.24, 2.45) is 0 Å². The summed E-state index contributed by atoms with van der Waals surface area (Å²) in [5.41, 5.74) is 3.68. The summed E-state index contributed by atoms with van der Waals surface area (Å²) in [6, 6.07) is 25.6. The topological polar surface area (TPSA) is 85.2 Å². The maximum absolute atomic E-state index is 13.5. The fourth-order valence-electron chi connectivity index (χ4n) is 4.14. The Morgan fingerprint density at radius 3 is 2.54 bits per heavy atom. The van der Waals surface area contributed by atoms with Crippen molar-refractivity contribution in [1.29, 1.82) is 5.26 Å². The lowest BCUT2D eigenvalue weighted by atomic mass is 10.1. The van der Waals surface area contributed by atoms with E-state index in [-0.39, 0.29) is 17.4 Å². The predicted octanol–water partition coefficient (Wildman–Crippen LogP) is 4.64. The Hall–Kier alpha value is -4.09. The van der Waals surface area contributed by atoms with Crippen LogP contribution in [0.2, 0.25) is 0 Å². The molecule has 5 rings (SSSR count). The lowest BCUT2D eigenvalue weighted by Crippen LogP contribution is -2.24. The number of benzene rings is 3. The highest BCUT2D eigenvalue weighted by atomic mass is 32.2. The van der Waals surface area contributed by atoms with Crippen molar-refractivity contribution in [2.75, 3.05) is 7.11 Å². The van der Waals surface area contributed by atoms with Gasteiger partial charge < -0.3 is 4.74 Å². The highest BCUT2D eigenvalue weighted by Gasteiger charge is 2.21. The summed E-state index contributed by atoms with van der Waals surface area (Å²) in [7, 11) is 1.61. The fraction of sp³-hybridized carbons (Fsp3) is 0.185. The third-order valence-corrected chi connectivity index (χ3v) is 6.96. The number of ether oxygens (including phenoxy) is 1. The first-order valence-electron chi connectivity index (χ1n) is 11.2. The van der Waals surface area contributed by atoms with Crippen molar-refractivity contribution < 1.29 is 4.74 Å². The lowest BCUT2D eigenvalue weighted by Gasteiger charge is -2.14. The van der Waals surface area contributed by atoms with Gasteiger partial charge in [0, 0.05) is 5.56 Å². The average molecular weight is 482 g/mol. The molecule has 0 radical (unpaired) electrons. The van der Waals surface area contributed by atoms with Gasteiger partial charge in [-0.15, -0.1) is 10.2 Å². The van der Waals surface area contributed by atoms with E-state index in [0.29, 0.717) is 34.0 Å². The molecule has 2 heterocycles. The van der Waals surface area contributed by atoms with E-state index in [4.69, 9.17) is 4.74 Å². The van der Waals surface area contributed by atoms with Gasteiger partial charge in [0.05, 0.1) is 30.6 Å². The van der Waals surface area contributed by atoms with E-state index in [2.05, 4.69) is 16.3 Å². The Kier molecular flexibility index (Phi) is 6.25. The minimum absolute atomic E-state index is 0.153. The molecule has 0 aliphatic carbocycles. The third-order valence-electron chi connectivity index (χ3n) is 5.93. The van der Waals surface area contributed by atoms with E-state index in [1.807, 2.05) is 78.1 Å². The first-order valence-corrected chi connectivity index (χ1v) is 12.1. The van der Waals surface area contributed by atoms with Gasteiger partial charge in [-0.05, 0) is 37.1 Å². The van der Waals surface area contributed by atoms with Gasteiger partial charge in [-0.2, -0.15) is 5.26 Å². The molecule has 7 nitrogen and oxygen atoms in total. The molecule has 0 amide bonds. The van der Waals surface area contributed by atoms with Gasteiger partial charge in [0.2, 0.25) is 5.78 Å². The van der Waals surface area contributed by atoms with E-state index in [1.165, 1.54) is 17.3 Å². The van der Waals surface area contributed by atoms with Crippen molar-refractivity contribution in [3.05, 3.63) is 99.8 Å². The summed E-state index contributed by atoms with van der Waals surface area (Å²) in [4.78, 5) is 13.5. The molecule has 5 aromatic rings. The van der Waals surface area contributed by atoms with Crippen LogP contribution < -0.4 is 10.3 Å². The molecule has 0 bridgehead atoms. The number of thioether (sulfide) groups is 1. The van der Waals surface area contributed by atoms with E-state index in [1.54, 1.807) is 17.7 Å². The van der Waals surface area contributed by atoms with Crippen LogP contribution in [-0.4, -0.2) is 31.5 Å². The molecule has 0 saturated heterocycles. The molecule has 0 saturated carbocycles. The summed E-state index contributed by atoms with van der Waals surface area (Å²) < 4.78 is 8.98. The number of fused-ring (bicyclic) bond motifs is 3. The molecular weight excluding hydrogens is 458 g/mol. The SMILES string of the molecule is COc1ccccc1Cn1c(=O)c2ccccc2n2c(SC(C#N)Cc3ccc(C)cc3)nnc12. The summed E-state index contributed by atoms with van der Waals surface area (Å²) in [5, 5.41) is 19.4. The second-order valence-corrected chi connectivity index (χ2v) is 9.43. The zero-order valence-corrected chi connectivity index (χ0v) is 20.2. The maximum atomic E-state index is 13.5. The molecule has 0 fully saturated rings. The first kappa shape index (κ1) is 22.7. The second kappa shape index (κ2) is 9.65. The zero-order chi connectivity index (χ0) is 24.4. The van der Waals surface area contributed by atoms with Gasteiger partial charge in [-0.25, -0.2) is 0 Å². The summed E-state index contributed by atoms with van der Waals surface area (Å²) >= 11 is 1.36. The van der Waals surface area contributed by atoms with Crippen LogP contribution in [0.1, 0.15) is 16.7 Å². The zero-order valence-electron chi connectivity index (χ0n) is 19.4. The minimum atomic E-state index is -0.363. The lowest BCUT2D eigenvalue weighted by molar-refractivity contribution is 0.408. The number of hydrogen-bond acceptors (Lipinski definition) is 6. The number of aromatic nitrogens is 4. The molecule has 8 heteroatoms. The third kappa shape index (κ3) is 4.38. The molecule has 35 heavy (non-hydrogen) atoms. The molecule has 1 unspecified atom stereocenters. The largest absolute Gasteiger partial charge is 0.496 e. The van der Waals surface area contributed by atoms with Crippen LogP contribution in [0.25, 0.3) is 16.7 Å². The Morgan fingerprint density at radius 2 is 1.77 bits per heavy atom. The molecule has 1 atom stereocenters. The quantitative estimate of drug-likeness (QED) is 0.315. The Bertz CT molecular complexity index is 1620. The molecule has 2 aromatic heterocycles. The Morgan fingerprint density at radius 1 is 1.03 bits per heavy atom. The Labute approximate surface area is 206 Å². The number of methoxy groups -OCH3 is 1. The number of para-hydroxylation sites is 2. The van der Waals surface area contributed by atoms with Crippen LogP contribution in [0.15, 0.2) is 82.7 Å². The van der Waals surface area contributed by atoms with E-state index in [9.17, 15) is 10.1 Å². The molecule has 174 valence electrons. The van der Waals surface area contributed by atoms with Crippen LogP contribution in [0.5, 0.6) is 5.75 Å². The monoisotopic (exact) mass is 481 g/mol. The normalized spacial score (nSPS) is 12.0. The van der Waals surface area contributed by atoms with Crippen LogP contribution in [0.3, 0.4) is 0 Å². The van der Waals surface area contributed by atoms with Crippen LogP contribution in [-0.2, 0) is 13.0 Å². The van der Waals surface area contributed by atoms with Crippen molar-refractivity contribution >= 4 is 28.4 Å². The van der Waals surface area contributed by atoms with Gasteiger partial charge in [-0.1, -0.05) is 71.9 Å². The van der Waals surface area contributed by atoms with Gasteiger partial charge in [0.25, 0.3) is 5.56 Å². The van der Waals surface area contributed by atoms with Crippen molar-refractivity contribution in [2.45, 2.75) is 30.3 Å². The average Bonchev–Trinajstić information content (AvgIpc) is 3.31. The highest BCUT2D eigenvalue weighted by Crippen LogP contribution is 2.28. The highest BCUT2D eigenvalue weighted by molar-refractivity contribution is 8.00. The van der Waals surface area contributed by atoms with Crippen molar-refractivity contribution in [3.63, 3.8) is 0 Å². The van der Waals surface area contributed by atoms with Crippen molar-refractivity contribution in [3.8, 4) is 11.8 Å². The van der Waals surface area contributed by atoms with E-state index < -0.39 is 0 Å². The summed E-state index contributed by atoms with van der Waals surface area (Å²) in [6.45, 7) is 2.32. The van der Waals surface area contributed by atoms with Gasteiger partial charge in [0.1, 0.15) is 11.0 Å². The number of aryl methyl sites for hydroxylation is 1. The number of nitrogens with zero attached hydrogens (tertiary/aromatic N) is 5. The predicted molar refractivity (Wildman–Crippen MR) is 137 cm³/mol. The van der Waals surface area contributed by atoms with Crippen LogP contribution in [0.4, 0.5) is 0 Å². The fourth-order valence-corrected chi connectivity index (χ4v) is 5.09. The Balaban J connectivity index is 1.60. The van der Waals surface area contributed by atoms with Crippen molar-refractivity contribution in [1.82, 2.24) is 19.2 Å². The molecule has 0 aliphatic rings. The molecule has 0 spiro atoms. The minimum Gasteiger partial charge on any atom is -0.496 e. The molecular formula is C27H23N5O2S. The van der Waals surface area contributed by atoms with Gasteiger partial charge in [0.15, 0.2) is 5.16 Å². The van der Waals surface area contributed by atoms with Gasteiger partial charge >= 0.3 is 0 Å². The first-order chi connectivity index (χ1) is 17.1. The number of hydrogen-bond donors (Lipinski definition) is 0. The van der Waals surface area contributed by atoms with E-state index in [0.717, 1.165) is 11.1 Å². The standard InChI is InChI=1S/C27H23N5O2S/c1-18-11-13-19(14-12-18)15-21(16-28)35-27-30-29-26-31(17-20-7-3-6-10-24(20)34-2)25(33)22-8-4-5-9-23(22)32(26)27/h3-14,21H,15,17H2,1-2H3. The van der Waals surface area contributed by atoms with Gasteiger partial charge in [-0.3, -0.25) is 13.8 Å². The van der Waals surface area contributed by atoms with E-state index >= 15 is 0 Å². The van der Waals surface area contributed by atoms with Crippen LogP contribution >= 0.6 is 11.8 Å². The maximum Gasteiger partial charge on any atom is 0.263 e. The number of nitriles is 1. The van der Waals surface area contributed by atoms with Crippen LogP contribution in [0, 0.1) is 18.3 Å². The smallest absolute Gasteiger partial charge is 0.263 e. The molecule has 0 aliphatic heterocycles. The number of rotatable bonds is 7. The molecule has 0 N–H and O–H groups in total. The summed E-state index contributed by atoms with van der Waals surface area (Å²) in [5.74, 6) is 1.12. The molecule has 3 aromatic carbocycles. The summed E-state index contributed by atoms with van der Waals surface area (Å²) in [6.07, 6.45) is 0.579. The second-order valence-electron chi connectivity index (χ2n) is 8.26.